The fourth-order valence-electron chi connectivity index (χ4n) is 2.59. The molecule has 2 aromatic carbocycles. The molecule has 28 heavy (non-hydrogen) atoms. The van der Waals surface area contributed by atoms with Gasteiger partial charge in [0.1, 0.15) is 5.69 Å². The van der Waals surface area contributed by atoms with Gasteiger partial charge in [0.25, 0.3) is 11.6 Å². The Labute approximate surface area is 159 Å². The van der Waals surface area contributed by atoms with Crippen LogP contribution in [0.1, 0.15) is 28.9 Å². The van der Waals surface area contributed by atoms with Gasteiger partial charge in [-0.3, -0.25) is 14.9 Å². The zero-order valence-electron chi connectivity index (χ0n) is 14.8. The number of nitrogens with one attached hydrogen (secondary N) is 1. The van der Waals surface area contributed by atoms with Crippen molar-refractivity contribution >= 4 is 23.3 Å². The average molecular weight is 387 g/mol. The Bertz CT molecular complexity index is 945. The lowest BCUT2D eigenvalue weighted by Crippen LogP contribution is -2.31. The van der Waals surface area contributed by atoms with Gasteiger partial charge in [0, 0.05) is 6.07 Å². The van der Waals surface area contributed by atoms with Gasteiger partial charge in [-0.2, -0.15) is 0 Å². The SMILES string of the molecule is C[C@@H](NC(=O)COC(=O)c1ccc(N)c([N+](=O)[O-])c1)c1ccc2c(c1)OCO2. The lowest BCUT2D eigenvalue weighted by atomic mass is 10.1. The number of amides is 1. The third kappa shape index (κ3) is 4.11. The molecule has 10 heteroatoms. The van der Waals surface area contributed by atoms with E-state index in [2.05, 4.69) is 5.32 Å². The Morgan fingerprint density at radius 3 is 2.75 bits per heavy atom. The van der Waals surface area contributed by atoms with Crippen LogP contribution >= 0.6 is 0 Å². The molecule has 10 nitrogen and oxygen atoms in total. The van der Waals surface area contributed by atoms with Crippen LogP contribution in [0.25, 0.3) is 0 Å². The number of anilines is 1. The van der Waals surface area contributed by atoms with E-state index in [0.717, 1.165) is 11.6 Å². The number of ether oxygens (including phenoxy) is 3. The molecule has 1 aliphatic heterocycles. The number of hydrogen-bond donors (Lipinski definition) is 2. The summed E-state index contributed by atoms with van der Waals surface area (Å²) in [7, 11) is 0. The lowest BCUT2D eigenvalue weighted by Gasteiger charge is -2.15. The number of nitro benzene ring substituents is 1. The summed E-state index contributed by atoms with van der Waals surface area (Å²) < 4.78 is 15.4. The van der Waals surface area contributed by atoms with E-state index in [1.54, 1.807) is 25.1 Å². The van der Waals surface area contributed by atoms with Crippen LogP contribution in [0.3, 0.4) is 0 Å². The van der Waals surface area contributed by atoms with E-state index in [9.17, 15) is 19.7 Å². The maximum atomic E-state index is 12.1. The van der Waals surface area contributed by atoms with E-state index in [0.29, 0.717) is 11.5 Å². The van der Waals surface area contributed by atoms with E-state index in [4.69, 9.17) is 19.9 Å². The zero-order chi connectivity index (χ0) is 20.3. The lowest BCUT2D eigenvalue weighted by molar-refractivity contribution is -0.383. The van der Waals surface area contributed by atoms with Crippen LogP contribution in [-0.2, 0) is 9.53 Å². The fourth-order valence-corrected chi connectivity index (χ4v) is 2.59. The minimum absolute atomic E-state index is 0.0717. The molecule has 1 amide bonds. The molecule has 1 atom stereocenters. The Morgan fingerprint density at radius 1 is 1.25 bits per heavy atom. The molecule has 146 valence electrons. The standard InChI is InChI=1S/C18H17N3O7/c1-10(11-3-5-15-16(7-11)28-9-27-15)20-17(22)8-26-18(23)12-2-4-13(19)14(6-12)21(24)25/h2-7,10H,8-9,19H2,1H3,(H,20,22)/t10-/m1/s1. The van der Waals surface area contributed by atoms with Gasteiger partial charge in [-0.05, 0) is 36.8 Å². The number of carbonyl (C=O) groups excluding carboxylic acids is 2. The maximum Gasteiger partial charge on any atom is 0.338 e. The first kappa shape index (κ1) is 19.0. The van der Waals surface area contributed by atoms with Crippen LogP contribution in [0.15, 0.2) is 36.4 Å². The summed E-state index contributed by atoms with van der Waals surface area (Å²) in [5.41, 5.74) is 5.72. The fraction of sp³-hybridized carbons (Fsp3) is 0.222. The molecule has 0 spiro atoms. The van der Waals surface area contributed by atoms with E-state index in [-0.39, 0.29) is 24.1 Å². The molecular weight excluding hydrogens is 370 g/mol. The van der Waals surface area contributed by atoms with Crippen molar-refractivity contribution in [2.45, 2.75) is 13.0 Å². The predicted octanol–water partition coefficient (Wildman–Crippen LogP) is 1.94. The van der Waals surface area contributed by atoms with Crippen LogP contribution in [0.4, 0.5) is 11.4 Å². The Hall–Kier alpha value is -3.82. The van der Waals surface area contributed by atoms with Gasteiger partial charge in [-0.15, -0.1) is 0 Å². The number of fused-ring (bicyclic) bond motifs is 1. The summed E-state index contributed by atoms with van der Waals surface area (Å²) in [6, 6.07) is 8.46. The number of nitrogens with zero attached hydrogens (tertiary/aromatic N) is 1. The van der Waals surface area contributed by atoms with Gasteiger partial charge in [0.2, 0.25) is 6.79 Å². The molecular formula is C18H17N3O7. The van der Waals surface area contributed by atoms with Crippen molar-refractivity contribution in [3.63, 3.8) is 0 Å². The van der Waals surface area contributed by atoms with E-state index < -0.39 is 29.1 Å². The number of esters is 1. The highest BCUT2D eigenvalue weighted by molar-refractivity contribution is 5.92. The first-order valence-corrected chi connectivity index (χ1v) is 8.25. The van der Waals surface area contributed by atoms with E-state index in [1.807, 2.05) is 0 Å². The molecule has 1 heterocycles. The van der Waals surface area contributed by atoms with Crippen molar-refractivity contribution in [1.82, 2.24) is 5.32 Å². The van der Waals surface area contributed by atoms with Gasteiger partial charge >= 0.3 is 5.97 Å². The molecule has 0 saturated carbocycles. The second-order valence-corrected chi connectivity index (χ2v) is 6.01. The minimum Gasteiger partial charge on any atom is -0.454 e. The van der Waals surface area contributed by atoms with Crippen LogP contribution in [0, 0.1) is 10.1 Å². The molecule has 0 aromatic heterocycles. The van der Waals surface area contributed by atoms with Crippen molar-refractivity contribution in [2.24, 2.45) is 0 Å². The molecule has 0 unspecified atom stereocenters. The van der Waals surface area contributed by atoms with Gasteiger partial charge in [0.05, 0.1) is 16.5 Å². The first-order chi connectivity index (χ1) is 13.3. The van der Waals surface area contributed by atoms with Crippen LogP contribution in [0.2, 0.25) is 0 Å². The minimum atomic E-state index is -0.867. The van der Waals surface area contributed by atoms with Crippen LogP contribution in [0.5, 0.6) is 11.5 Å². The highest BCUT2D eigenvalue weighted by atomic mass is 16.7. The van der Waals surface area contributed by atoms with Crippen molar-refractivity contribution in [1.29, 1.82) is 0 Å². The number of benzene rings is 2. The Balaban J connectivity index is 1.56. The number of hydrogen-bond acceptors (Lipinski definition) is 8. The normalized spacial score (nSPS) is 12.9. The van der Waals surface area contributed by atoms with E-state index >= 15 is 0 Å². The summed E-state index contributed by atoms with van der Waals surface area (Å²) in [5.74, 6) is -0.166. The van der Waals surface area contributed by atoms with Crippen molar-refractivity contribution in [3.05, 3.63) is 57.6 Å². The summed E-state index contributed by atoms with van der Waals surface area (Å²) in [6.45, 7) is 1.38. The molecule has 0 saturated heterocycles. The van der Waals surface area contributed by atoms with Crippen LogP contribution in [-0.4, -0.2) is 30.2 Å². The monoisotopic (exact) mass is 387 g/mol. The average Bonchev–Trinajstić information content (AvgIpc) is 3.14. The summed E-state index contributed by atoms with van der Waals surface area (Å²) >= 11 is 0. The number of nitro groups is 1. The highest BCUT2D eigenvalue weighted by Gasteiger charge is 2.19. The molecule has 3 rings (SSSR count). The number of nitrogens with two attached hydrogens (primary N) is 1. The van der Waals surface area contributed by atoms with Crippen molar-refractivity contribution < 1.29 is 28.7 Å². The van der Waals surface area contributed by atoms with Gasteiger partial charge in [0.15, 0.2) is 18.1 Å². The molecule has 1 aliphatic rings. The quantitative estimate of drug-likeness (QED) is 0.331. The topological polar surface area (TPSA) is 143 Å². The number of rotatable bonds is 6. The molecule has 0 fully saturated rings. The second-order valence-electron chi connectivity index (χ2n) is 6.01. The Morgan fingerprint density at radius 2 is 2.00 bits per heavy atom. The third-order valence-corrected chi connectivity index (χ3v) is 4.07. The third-order valence-electron chi connectivity index (χ3n) is 4.07. The van der Waals surface area contributed by atoms with E-state index in [1.165, 1.54) is 12.1 Å². The van der Waals surface area contributed by atoms with Gasteiger partial charge < -0.3 is 25.3 Å². The molecule has 2 aromatic rings. The largest absolute Gasteiger partial charge is 0.454 e. The summed E-state index contributed by atoms with van der Waals surface area (Å²) in [4.78, 5) is 34.3. The van der Waals surface area contributed by atoms with Gasteiger partial charge in [-0.1, -0.05) is 6.07 Å². The summed E-state index contributed by atoms with van der Waals surface area (Å²) in [5, 5.41) is 13.6. The van der Waals surface area contributed by atoms with Gasteiger partial charge in [-0.25, -0.2) is 4.79 Å². The van der Waals surface area contributed by atoms with Crippen molar-refractivity contribution in [3.8, 4) is 11.5 Å². The molecule has 0 radical (unpaired) electrons. The molecule has 0 bridgehead atoms. The zero-order valence-corrected chi connectivity index (χ0v) is 14.8. The number of carbonyl (C=O) groups is 2. The highest BCUT2D eigenvalue weighted by Crippen LogP contribution is 2.34. The summed E-state index contributed by atoms with van der Waals surface area (Å²) in [6.07, 6.45) is 0. The predicted molar refractivity (Wildman–Crippen MR) is 96.9 cm³/mol. The molecule has 0 aliphatic carbocycles. The maximum absolute atomic E-state index is 12.1. The smallest absolute Gasteiger partial charge is 0.338 e. The Kier molecular flexibility index (Phi) is 5.30. The second kappa shape index (κ2) is 7.82. The number of nitrogen functional groups attached to an aromatic ring is 1. The molecule has 3 N–H and O–H groups in total. The first-order valence-electron chi connectivity index (χ1n) is 8.25. The van der Waals surface area contributed by atoms with Crippen molar-refractivity contribution in [2.75, 3.05) is 19.1 Å². The van der Waals surface area contributed by atoms with Crippen LogP contribution < -0.4 is 20.5 Å².